The third-order valence-corrected chi connectivity index (χ3v) is 2.29. The molecule has 0 spiro atoms. The van der Waals surface area contributed by atoms with E-state index in [1.807, 2.05) is 0 Å². The van der Waals surface area contributed by atoms with E-state index < -0.39 is 0 Å². The zero-order valence-corrected chi connectivity index (χ0v) is 5.80. The second-order valence-electron chi connectivity index (χ2n) is 2.92. The van der Waals surface area contributed by atoms with Gasteiger partial charge in [0.25, 0.3) is 0 Å². The quantitative estimate of drug-likeness (QED) is 0.512. The number of nitrogens with one attached hydrogen (secondary N) is 1. The highest BCUT2D eigenvalue weighted by atomic mass is 16.5. The van der Waals surface area contributed by atoms with Crippen LogP contribution in [0.4, 0.5) is 0 Å². The molecule has 2 fully saturated rings. The highest BCUT2D eigenvalue weighted by Gasteiger charge is 2.36. The van der Waals surface area contributed by atoms with Crippen LogP contribution in [0.25, 0.3) is 0 Å². The highest BCUT2D eigenvalue weighted by molar-refractivity contribution is 5.82. The van der Waals surface area contributed by atoms with Gasteiger partial charge in [0.1, 0.15) is 6.10 Å². The number of hydrogen-bond donors (Lipinski definition) is 1. The van der Waals surface area contributed by atoms with Crippen molar-refractivity contribution in [1.29, 1.82) is 0 Å². The first kappa shape index (κ1) is 6.16. The summed E-state index contributed by atoms with van der Waals surface area (Å²) in [7, 11) is 0. The molecule has 2 saturated heterocycles. The maximum atomic E-state index is 11.0. The lowest BCUT2D eigenvalue weighted by Crippen LogP contribution is -2.44. The fraction of sp³-hybridized carbons (Fsp3) is 0.857. The minimum Gasteiger partial charge on any atom is -0.368 e. The summed E-state index contributed by atoms with van der Waals surface area (Å²) in [4.78, 5) is 11.0. The Hall–Kier alpha value is -0.570. The Morgan fingerprint density at radius 3 is 3.20 bits per heavy atom. The van der Waals surface area contributed by atoms with E-state index in [0.29, 0.717) is 5.92 Å². The van der Waals surface area contributed by atoms with Gasteiger partial charge in [0.15, 0.2) is 0 Å². The van der Waals surface area contributed by atoms with E-state index in [-0.39, 0.29) is 12.0 Å². The van der Waals surface area contributed by atoms with Crippen LogP contribution in [-0.4, -0.2) is 25.2 Å². The molecule has 0 aromatic carbocycles. The molecule has 0 radical (unpaired) electrons. The number of hydrogen-bond acceptors (Lipinski definition) is 2. The van der Waals surface area contributed by atoms with Crippen molar-refractivity contribution >= 4 is 5.91 Å². The number of amides is 1. The summed E-state index contributed by atoms with van der Waals surface area (Å²) in [5, 5.41) is 2.79. The number of carbonyl (C=O) groups is 1. The number of piperidine rings is 1. The Balaban J connectivity index is 2.10. The van der Waals surface area contributed by atoms with Crippen molar-refractivity contribution in [2.24, 2.45) is 5.92 Å². The van der Waals surface area contributed by atoms with Crippen molar-refractivity contribution in [3.05, 3.63) is 0 Å². The summed E-state index contributed by atoms with van der Waals surface area (Å²) in [6.07, 6.45) is 2.04. The number of rotatable bonds is 0. The van der Waals surface area contributed by atoms with Gasteiger partial charge in [0, 0.05) is 13.2 Å². The molecule has 0 bridgehead atoms. The van der Waals surface area contributed by atoms with E-state index in [0.717, 1.165) is 26.0 Å². The number of carbonyl (C=O) groups excluding carboxylic acids is 1. The molecule has 2 atom stereocenters. The molecule has 0 saturated carbocycles. The SMILES string of the molecule is O=C1NCC[C@H]2CCOC12. The molecule has 3 nitrogen and oxygen atoms in total. The normalized spacial score (nSPS) is 39.0. The average molecular weight is 141 g/mol. The van der Waals surface area contributed by atoms with Crippen molar-refractivity contribution in [2.75, 3.05) is 13.2 Å². The summed E-state index contributed by atoms with van der Waals surface area (Å²) >= 11 is 0. The van der Waals surface area contributed by atoms with Crippen LogP contribution < -0.4 is 5.32 Å². The van der Waals surface area contributed by atoms with Crippen LogP contribution >= 0.6 is 0 Å². The van der Waals surface area contributed by atoms with Gasteiger partial charge in [0.2, 0.25) is 5.91 Å². The van der Waals surface area contributed by atoms with Gasteiger partial charge in [-0.1, -0.05) is 0 Å². The van der Waals surface area contributed by atoms with Crippen LogP contribution in [0.2, 0.25) is 0 Å². The molecule has 2 rings (SSSR count). The molecule has 56 valence electrons. The first-order valence-electron chi connectivity index (χ1n) is 3.77. The lowest BCUT2D eigenvalue weighted by Gasteiger charge is -2.23. The first-order chi connectivity index (χ1) is 4.88. The largest absolute Gasteiger partial charge is 0.368 e. The summed E-state index contributed by atoms with van der Waals surface area (Å²) in [6, 6.07) is 0. The third-order valence-electron chi connectivity index (χ3n) is 2.29. The topological polar surface area (TPSA) is 38.3 Å². The highest BCUT2D eigenvalue weighted by Crippen LogP contribution is 2.26. The van der Waals surface area contributed by atoms with Crippen molar-refractivity contribution in [1.82, 2.24) is 5.32 Å². The molecule has 0 aliphatic carbocycles. The summed E-state index contributed by atoms with van der Waals surface area (Å²) < 4.78 is 5.26. The molecule has 1 amide bonds. The average Bonchev–Trinajstić information content (AvgIpc) is 2.36. The van der Waals surface area contributed by atoms with Gasteiger partial charge < -0.3 is 10.1 Å². The van der Waals surface area contributed by atoms with Gasteiger partial charge in [-0.25, -0.2) is 0 Å². The second-order valence-corrected chi connectivity index (χ2v) is 2.92. The fourth-order valence-corrected chi connectivity index (χ4v) is 1.70. The third kappa shape index (κ3) is 0.814. The zero-order valence-electron chi connectivity index (χ0n) is 5.80. The predicted molar refractivity (Wildman–Crippen MR) is 35.5 cm³/mol. The molecule has 1 unspecified atom stereocenters. The smallest absolute Gasteiger partial charge is 0.249 e. The molecule has 2 aliphatic heterocycles. The molecule has 10 heavy (non-hydrogen) atoms. The molecule has 0 aromatic rings. The standard InChI is InChI=1S/C7H11NO2/c9-7-6-5(1-3-8-7)2-4-10-6/h5-6H,1-4H2,(H,8,9)/t5-,6?/m0/s1. The molecular weight excluding hydrogens is 130 g/mol. The van der Waals surface area contributed by atoms with Gasteiger partial charge in [-0.05, 0) is 18.8 Å². The van der Waals surface area contributed by atoms with Crippen LogP contribution in [0, 0.1) is 5.92 Å². The Bertz CT molecular complexity index is 158. The van der Waals surface area contributed by atoms with Crippen LogP contribution in [0.5, 0.6) is 0 Å². The predicted octanol–water partition coefficient (Wildman–Crippen LogP) is -0.0886. The lowest BCUT2D eigenvalue weighted by molar-refractivity contribution is -0.133. The lowest BCUT2D eigenvalue weighted by atomic mass is 9.94. The van der Waals surface area contributed by atoms with Gasteiger partial charge >= 0.3 is 0 Å². The molecule has 1 N–H and O–H groups in total. The molecule has 2 heterocycles. The maximum absolute atomic E-state index is 11.0. The maximum Gasteiger partial charge on any atom is 0.249 e. The number of fused-ring (bicyclic) bond motifs is 1. The van der Waals surface area contributed by atoms with Crippen LogP contribution in [-0.2, 0) is 9.53 Å². The van der Waals surface area contributed by atoms with Crippen molar-refractivity contribution in [3.63, 3.8) is 0 Å². The molecule has 3 heteroatoms. The van der Waals surface area contributed by atoms with Crippen molar-refractivity contribution < 1.29 is 9.53 Å². The zero-order chi connectivity index (χ0) is 6.97. The van der Waals surface area contributed by atoms with Crippen LogP contribution in [0.15, 0.2) is 0 Å². The Morgan fingerprint density at radius 1 is 1.50 bits per heavy atom. The van der Waals surface area contributed by atoms with Gasteiger partial charge in [-0.3, -0.25) is 4.79 Å². The second kappa shape index (κ2) is 2.23. The summed E-state index contributed by atoms with van der Waals surface area (Å²) in [5.41, 5.74) is 0. The Labute approximate surface area is 59.7 Å². The van der Waals surface area contributed by atoms with E-state index in [1.165, 1.54) is 0 Å². The van der Waals surface area contributed by atoms with E-state index >= 15 is 0 Å². The molecular formula is C7H11NO2. The fourth-order valence-electron chi connectivity index (χ4n) is 1.70. The van der Waals surface area contributed by atoms with E-state index in [4.69, 9.17) is 4.74 Å². The number of ether oxygens (including phenoxy) is 1. The minimum atomic E-state index is -0.117. The molecule has 0 aromatic heterocycles. The van der Waals surface area contributed by atoms with Crippen molar-refractivity contribution in [2.45, 2.75) is 18.9 Å². The van der Waals surface area contributed by atoms with E-state index in [9.17, 15) is 4.79 Å². The van der Waals surface area contributed by atoms with E-state index in [2.05, 4.69) is 5.32 Å². The van der Waals surface area contributed by atoms with Crippen LogP contribution in [0.1, 0.15) is 12.8 Å². The van der Waals surface area contributed by atoms with Crippen LogP contribution in [0.3, 0.4) is 0 Å². The summed E-state index contributed by atoms with van der Waals surface area (Å²) in [5.74, 6) is 0.600. The Kier molecular flexibility index (Phi) is 1.38. The van der Waals surface area contributed by atoms with Gasteiger partial charge in [0.05, 0.1) is 0 Å². The summed E-state index contributed by atoms with van der Waals surface area (Å²) in [6.45, 7) is 1.60. The van der Waals surface area contributed by atoms with E-state index in [1.54, 1.807) is 0 Å². The van der Waals surface area contributed by atoms with Gasteiger partial charge in [-0.2, -0.15) is 0 Å². The molecule has 2 aliphatic rings. The van der Waals surface area contributed by atoms with Crippen molar-refractivity contribution in [3.8, 4) is 0 Å². The van der Waals surface area contributed by atoms with Gasteiger partial charge in [-0.15, -0.1) is 0 Å². The monoisotopic (exact) mass is 141 g/mol. The first-order valence-corrected chi connectivity index (χ1v) is 3.77. The minimum absolute atomic E-state index is 0.0914. The Morgan fingerprint density at radius 2 is 2.40 bits per heavy atom.